The molecule has 0 spiro atoms. The van der Waals surface area contributed by atoms with Crippen LogP contribution in [0.1, 0.15) is 19.3 Å². The van der Waals surface area contributed by atoms with Crippen LogP contribution in [0.2, 0.25) is 0 Å². The Labute approximate surface area is 82.0 Å². The van der Waals surface area contributed by atoms with E-state index in [4.69, 9.17) is 0 Å². The first-order valence-corrected chi connectivity index (χ1v) is 5.08. The molecule has 2 atom stereocenters. The second-order valence-corrected chi connectivity index (χ2v) is 4.16. The molecule has 2 heterocycles. The first-order chi connectivity index (χ1) is 6.84. The summed E-state index contributed by atoms with van der Waals surface area (Å²) in [4.78, 5) is 9.78. The highest BCUT2D eigenvalue weighted by molar-refractivity contribution is 5.41. The van der Waals surface area contributed by atoms with Crippen LogP contribution in [0, 0.1) is 11.9 Å². The van der Waals surface area contributed by atoms with Crippen molar-refractivity contribution in [3.05, 3.63) is 18.3 Å². The summed E-state index contributed by atoms with van der Waals surface area (Å²) in [6.07, 6.45) is 6.64. The predicted octanol–water partition coefficient (Wildman–Crippen LogP) is 1.60. The predicted molar refractivity (Wildman–Crippen MR) is 50.5 cm³/mol. The number of nitrogens with zero attached hydrogens (tertiary/aromatic N) is 3. The van der Waals surface area contributed by atoms with Gasteiger partial charge in [-0.05, 0) is 25.2 Å². The van der Waals surface area contributed by atoms with Gasteiger partial charge >= 0.3 is 0 Å². The van der Waals surface area contributed by atoms with Crippen molar-refractivity contribution in [1.82, 2.24) is 9.97 Å². The Hall–Kier alpha value is -1.19. The summed E-state index contributed by atoms with van der Waals surface area (Å²) in [6.45, 7) is 0.959. The second-order valence-electron chi connectivity index (χ2n) is 4.16. The quantitative estimate of drug-likeness (QED) is 0.678. The first kappa shape index (κ1) is 8.15. The molecule has 2 fully saturated rings. The Balaban J connectivity index is 1.93. The average molecular weight is 193 g/mol. The van der Waals surface area contributed by atoms with E-state index < -0.39 is 5.95 Å². The zero-order chi connectivity index (χ0) is 9.54. The number of aromatic nitrogens is 2. The number of hydrogen-bond donors (Lipinski definition) is 0. The molecule has 0 amide bonds. The fraction of sp³-hybridized carbons (Fsp3) is 0.600. The number of hydrogen-bond acceptors (Lipinski definition) is 3. The van der Waals surface area contributed by atoms with Crippen LogP contribution in [0.5, 0.6) is 0 Å². The molecule has 0 aromatic carbocycles. The number of anilines is 1. The van der Waals surface area contributed by atoms with E-state index in [2.05, 4.69) is 14.9 Å². The summed E-state index contributed by atoms with van der Waals surface area (Å²) >= 11 is 0. The third-order valence-corrected chi connectivity index (χ3v) is 3.32. The highest BCUT2D eigenvalue weighted by Crippen LogP contribution is 2.39. The van der Waals surface area contributed by atoms with Crippen LogP contribution in [-0.2, 0) is 0 Å². The molecule has 2 bridgehead atoms. The van der Waals surface area contributed by atoms with E-state index in [-0.39, 0.29) is 0 Å². The molecular formula is C10H12FN3. The molecule has 14 heavy (non-hydrogen) atoms. The maximum Gasteiger partial charge on any atom is 0.255 e. The van der Waals surface area contributed by atoms with E-state index >= 15 is 0 Å². The largest absolute Gasteiger partial charge is 0.350 e. The number of rotatable bonds is 1. The SMILES string of the molecule is Fc1nccnc1N1CC2CCC1C2. The third-order valence-electron chi connectivity index (χ3n) is 3.32. The maximum absolute atomic E-state index is 13.4. The molecule has 0 radical (unpaired) electrons. The summed E-state index contributed by atoms with van der Waals surface area (Å²) in [6, 6.07) is 0.506. The fourth-order valence-electron chi connectivity index (χ4n) is 2.69. The molecule has 0 N–H and O–H groups in total. The van der Waals surface area contributed by atoms with Gasteiger partial charge < -0.3 is 4.90 Å². The molecule has 1 aliphatic carbocycles. The lowest BCUT2D eigenvalue weighted by Gasteiger charge is -2.27. The van der Waals surface area contributed by atoms with Gasteiger partial charge in [-0.25, -0.2) is 9.97 Å². The van der Waals surface area contributed by atoms with Crippen LogP contribution in [-0.4, -0.2) is 22.6 Å². The van der Waals surface area contributed by atoms with Crippen LogP contribution in [0.4, 0.5) is 10.2 Å². The molecule has 1 aromatic rings. The second kappa shape index (κ2) is 2.90. The van der Waals surface area contributed by atoms with Crippen LogP contribution in [0.25, 0.3) is 0 Å². The van der Waals surface area contributed by atoms with E-state index in [9.17, 15) is 4.39 Å². The van der Waals surface area contributed by atoms with Gasteiger partial charge in [0.25, 0.3) is 5.95 Å². The monoisotopic (exact) mass is 193 g/mol. The summed E-state index contributed by atoms with van der Waals surface area (Å²) in [5.41, 5.74) is 0. The lowest BCUT2D eigenvalue weighted by molar-refractivity contribution is 0.522. The molecule has 1 aromatic heterocycles. The molecular weight excluding hydrogens is 181 g/mol. The Morgan fingerprint density at radius 2 is 2.14 bits per heavy atom. The van der Waals surface area contributed by atoms with Gasteiger partial charge in [-0.3, -0.25) is 0 Å². The minimum atomic E-state index is -0.431. The minimum Gasteiger partial charge on any atom is -0.350 e. The molecule has 74 valence electrons. The lowest BCUT2D eigenvalue weighted by atomic mass is 10.1. The molecule has 1 saturated carbocycles. The third kappa shape index (κ3) is 1.10. The van der Waals surface area contributed by atoms with Crippen LogP contribution in [0.15, 0.2) is 12.4 Å². The highest BCUT2D eigenvalue weighted by Gasteiger charge is 2.39. The molecule has 1 aliphatic heterocycles. The summed E-state index contributed by atoms with van der Waals surface area (Å²) < 4.78 is 13.4. The van der Waals surface area contributed by atoms with Crippen molar-refractivity contribution < 1.29 is 4.39 Å². The topological polar surface area (TPSA) is 29.0 Å². The zero-order valence-corrected chi connectivity index (χ0v) is 7.86. The molecule has 4 heteroatoms. The Morgan fingerprint density at radius 3 is 2.79 bits per heavy atom. The molecule has 2 aliphatic rings. The highest BCUT2D eigenvalue weighted by atomic mass is 19.1. The first-order valence-electron chi connectivity index (χ1n) is 5.08. The van der Waals surface area contributed by atoms with Crippen molar-refractivity contribution >= 4 is 5.82 Å². The minimum absolute atomic E-state index is 0.431. The van der Waals surface area contributed by atoms with Gasteiger partial charge in [0.05, 0.1) is 0 Å². The number of fused-ring (bicyclic) bond motifs is 2. The van der Waals surface area contributed by atoms with Gasteiger partial charge in [-0.1, -0.05) is 0 Å². The standard InChI is InChI=1S/C10H12FN3/c11-9-10(13-4-3-12-9)14-6-7-1-2-8(14)5-7/h3-4,7-8H,1-2,5-6H2. The van der Waals surface area contributed by atoms with Crippen molar-refractivity contribution in [1.29, 1.82) is 0 Å². The summed E-state index contributed by atoms with van der Waals surface area (Å²) in [5.74, 6) is 0.765. The molecule has 2 unspecified atom stereocenters. The van der Waals surface area contributed by atoms with Gasteiger partial charge in [0.1, 0.15) is 0 Å². The van der Waals surface area contributed by atoms with E-state index in [0.29, 0.717) is 11.9 Å². The van der Waals surface area contributed by atoms with E-state index in [1.165, 1.54) is 25.5 Å². The molecule has 1 saturated heterocycles. The average Bonchev–Trinajstić information content (AvgIpc) is 2.79. The summed E-state index contributed by atoms with van der Waals surface area (Å²) in [7, 11) is 0. The van der Waals surface area contributed by atoms with Gasteiger partial charge in [0, 0.05) is 25.0 Å². The number of halogens is 1. The van der Waals surface area contributed by atoms with Gasteiger partial charge in [0.2, 0.25) is 0 Å². The fourth-order valence-corrected chi connectivity index (χ4v) is 2.69. The zero-order valence-electron chi connectivity index (χ0n) is 7.86. The normalized spacial score (nSPS) is 29.9. The molecule has 3 rings (SSSR count). The maximum atomic E-state index is 13.4. The molecule has 3 nitrogen and oxygen atoms in total. The van der Waals surface area contributed by atoms with Crippen molar-refractivity contribution in [3.63, 3.8) is 0 Å². The summed E-state index contributed by atoms with van der Waals surface area (Å²) in [5, 5.41) is 0. The van der Waals surface area contributed by atoms with Gasteiger partial charge in [0.15, 0.2) is 5.82 Å². The van der Waals surface area contributed by atoms with Crippen LogP contribution < -0.4 is 4.90 Å². The van der Waals surface area contributed by atoms with Crippen molar-refractivity contribution in [2.75, 3.05) is 11.4 Å². The lowest BCUT2D eigenvalue weighted by Crippen LogP contribution is -2.33. The van der Waals surface area contributed by atoms with Crippen molar-refractivity contribution in [3.8, 4) is 0 Å². The smallest absolute Gasteiger partial charge is 0.255 e. The van der Waals surface area contributed by atoms with Gasteiger partial charge in [-0.15, -0.1) is 0 Å². The van der Waals surface area contributed by atoms with Gasteiger partial charge in [-0.2, -0.15) is 4.39 Å². The number of piperidine rings is 1. The Bertz CT molecular complexity index is 355. The van der Waals surface area contributed by atoms with Crippen molar-refractivity contribution in [2.45, 2.75) is 25.3 Å². The Kier molecular flexibility index (Phi) is 1.69. The van der Waals surface area contributed by atoms with Crippen LogP contribution in [0.3, 0.4) is 0 Å². The van der Waals surface area contributed by atoms with Crippen LogP contribution >= 0.6 is 0 Å². The Morgan fingerprint density at radius 1 is 1.29 bits per heavy atom. The van der Waals surface area contributed by atoms with E-state index in [1.807, 2.05) is 0 Å². The van der Waals surface area contributed by atoms with E-state index in [1.54, 1.807) is 6.20 Å². The van der Waals surface area contributed by atoms with Crippen molar-refractivity contribution in [2.24, 2.45) is 5.92 Å². The van der Waals surface area contributed by atoms with E-state index in [0.717, 1.165) is 12.5 Å².